The van der Waals surface area contributed by atoms with Gasteiger partial charge in [0.25, 0.3) is 0 Å². The Morgan fingerprint density at radius 2 is 0.705 bits per heavy atom. The normalized spacial score (nSPS) is 11.6. The molecule has 204 valence electrons. The lowest BCUT2D eigenvalue weighted by molar-refractivity contribution is 1.64. The predicted octanol–water partition coefficient (Wildman–Crippen LogP) is 12.5. The fraction of sp³-hybridized carbons (Fsp3) is 0. The molecule has 0 spiro atoms. The summed E-state index contributed by atoms with van der Waals surface area (Å²) in [4.78, 5) is 0. The van der Waals surface area contributed by atoms with Crippen molar-refractivity contribution in [3.05, 3.63) is 170 Å². The second-order valence-corrected chi connectivity index (χ2v) is 11.7. The Bertz CT molecular complexity index is 2480. The van der Waals surface area contributed by atoms with Crippen molar-refractivity contribution in [1.82, 2.24) is 0 Å². The lowest BCUT2D eigenvalue weighted by Gasteiger charge is -2.20. The summed E-state index contributed by atoms with van der Waals surface area (Å²) >= 11 is 0. The average Bonchev–Trinajstić information content (AvgIpc) is 3.10. The zero-order valence-corrected chi connectivity index (χ0v) is 24.2. The van der Waals surface area contributed by atoms with Crippen molar-refractivity contribution >= 4 is 53.9 Å². The van der Waals surface area contributed by atoms with Crippen LogP contribution in [0.5, 0.6) is 0 Å². The van der Waals surface area contributed by atoms with Gasteiger partial charge >= 0.3 is 0 Å². The van der Waals surface area contributed by atoms with Crippen LogP contribution in [-0.4, -0.2) is 0 Å². The van der Waals surface area contributed by atoms with E-state index in [-0.39, 0.29) is 0 Å². The summed E-state index contributed by atoms with van der Waals surface area (Å²) in [5.74, 6) is 0. The van der Waals surface area contributed by atoms with Crippen molar-refractivity contribution in [1.29, 1.82) is 0 Å². The number of rotatable bonds is 3. The van der Waals surface area contributed by atoms with Crippen molar-refractivity contribution in [3.8, 4) is 33.4 Å². The van der Waals surface area contributed by atoms with E-state index in [1.54, 1.807) is 0 Å². The largest absolute Gasteiger partial charge is 0.0622 e. The van der Waals surface area contributed by atoms with Crippen LogP contribution in [0, 0.1) is 0 Å². The summed E-state index contributed by atoms with van der Waals surface area (Å²) in [6, 6.07) is 62.3. The molecule has 0 aliphatic rings. The third kappa shape index (κ3) is 3.85. The molecule has 0 aliphatic carbocycles. The molecule has 9 rings (SSSR count). The SMILES string of the molecule is c1ccc(-c2ccc3cc(-c4c5ccccc5c(-c5cc6ccccc6c6ccccc56)c5ccccc45)ccc3c2)cc1. The van der Waals surface area contributed by atoms with Crippen LogP contribution in [0.3, 0.4) is 0 Å². The van der Waals surface area contributed by atoms with Crippen molar-refractivity contribution in [3.63, 3.8) is 0 Å². The topological polar surface area (TPSA) is 0 Å². The fourth-order valence-corrected chi connectivity index (χ4v) is 7.20. The molecule has 0 atom stereocenters. The fourth-order valence-electron chi connectivity index (χ4n) is 7.20. The van der Waals surface area contributed by atoms with Crippen LogP contribution < -0.4 is 0 Å². The smallest absolute Gasteiger partial charge is 0.00199 e. The van der Waals surface area contributed by atoms with Gasteiger partial charge in [-0.2, -0.15) is 0 Å². The third-order valence-corrected chi connectivity index (χ3v) is 9.20. The second kappa shape index (κ2) is 9.93. The number of fused-ring (bicyclic) bond motifs is 6. The Kier molecular flexibility index (Phi) is 5.61. The van der Waals surface area contributed by atoms with Crippen LogP contribution >= 0.6 is 0 Å². The van der Waals surface area contributed by atoms with Gasteiger partial charge in [0, 0.05) is 0 Å². The molecule has 0 saturated carbocycles. The zero-order chi connectivity index (χ0) is 29.0. The molecule has 0 N–H and O–H groups in total. The van der Waals surface area contributed by atoms with Gasteiger partial charge in [0.1, 0.15) is 0 Å². The zero-order valence-electron chi connectivity index (χ0n) is 24.2. The minimum absolute atomic E-state index is 1.24. The summed E-state index contributed by atoms with van der Waals surface area (Å²) in [6.45, 7) is 0. The summed E-state index contributed by atoms with van der Waals surface area (Å²) < 4.78 is 0. The molecule has 0 nitrogen and oxygen atoms in total. The minimum Gasteiger partial charge on any atom is -0.0622 e. The van der Waals surface area contributed by atoms with E-state index in [9.17, 15) is 0 Å². The molecule has 0 aliphatic heterocycles. The summed E-state index contributed by atoms with van der Waals surface area (Å²) in [6.07, 6.45) is 0. The van der Waals surface area contributed by atoms with Crippen LogP contribution in [0.4, 0.5) is 0 Å². The van der Waals surface area contributed by atoms with E-state index in [4.69, 9.17) is 0 Å². The highest BCUT2D eigenvalue weighted by Gasteiger charge is 2.19. The van der Waals surface area contributed by atoms with E-state index >= 15 is 0 Å². The van der Waals surface area contributed by atoms with Crippen molar-refractivity contribution in [2.24, 2.45) is 0 Å². The Hall–Kier alpha value is -5.72. The molecule has 0 amide bonds. The van der Waals surface area contributed by atoms with Gasteiger partial charge in [-0.1, -0.05) is 152 Å². The van der Waals surface area contributed by atoms with Crippen LogP contribution in [0.25, 0.3) is 87.2 Å². The van der Waals surface area contributed by atoms with Crippen molar-refractivity contribution in [2.75, 3.05) is 0 Å². The molecule has 0 aromatic heterocycles. The van der Waals surface area contributed by atoms with Gasteiger partial charge in [0.2, 0.25) is 0 Å². The minimum atomic E-state index is 1.24. The predicted molar refractivity (Wildman–Crippen MR) is 190 cm³/mol. The van der Waals surface area contributed by atoms with Gasteiger partial charge in [-0.25, -0.2) is 0 Å². The molecule has 0 heterocycles. The summed E-state index contributed by atoms with van der Waals surface area (Å²) in [5.41, 5.74) is 7.60. The first-order chi connectivity index (χ1) is 21.8. The van der Waals surface area contributed by atoms with E-state index in [2.05, 4.69) is 170 Å². The summed E-state index contributed by atoms with van der Waals surface area (Å²) in [7, 11) is 0. The maximum absolute atomic E-state index is 2.39. The van der Waals surface area contributed by atoms with Crippen LogP contribution in [0.1, 0.15) is 0 Å². The van der Waals surface area contributed by atoms with E-state index in [0.717, 1.165) is 0 Å². The average molecular weight is 557 g/mol. The van der Waals surface area contributed by atoms with Crippen LogP contribution in [0.2, 0.25) is 0 Å². The van der Waals surface area contributed by atoms with Crippen LogP contribution in [-0.2, 0) is 0 Å². The van der Waals surface area contributed by atoms with Crippen LogP contribution in [0.15, 0.2) is 170 Å². The number of hydrogen-bond acceptors (Lipinski definition) is 0. The maximum Gasteiger partial charge on any atom is -0.00199 e. The third-order valence-electron chi connectivity index (χ3n) is 9.20. The molecule has 0 unspecified atom stereocenters. The van der Waals surface area contributed by atoms with Crippen molar-refractivity contribution < 1.29 is 0 Å². The van der Waals surface area contributed by atoms with E-state index in [0.29, 0.717) is 0 Å². The quantitative estimate of drug-likeness (QED) is 0.150. The molecule has 9 aromatic rings. The highest BCUT2D eigenvalue weighted by molar-refractivity contribution is 6.25. The molecular formula is C44H28. The highest BCUT2D eigenvalue weighted by atomic mass is 14.2. The van der Waals surface area contributed by atoms with Gasteiger partial charge in [0.15, 0.2) is 0 Å². The van der Waals surface area contributed by atoms with Gasteiger partial charge in [0.05, 0.1) is 0 Å². The molecule has 0 saturated heterocycles. The number of hydrogen-bond donors (Lipinski definition) is 0. The van der Waals surface area contributed by atoms with Gasteiger partial charge < -0.3 is 0 Å². The van der Waals surface area contributed by atoms with E-state index < -0.39 is 0 Å². The Morgan fingerprint density at radius 1 is 0.227 bits per heavy atom. The first-order valence-corrected chi connectivity index (χ1v) is 15.3. The molecule has 0 fully saturated rings. The monoisotopic (exact) mass is 556 g/mol. The Morgan fingerprint density at radius 3 is 1.36 bits per heavy atom. The standard InChI is InChI=1S/C44H28/c1-2-12-29(13-3-1)30-22-23-32-27-34(25-24-31(32)26-30)43-38-18-8-10-20-40(38)44(41-21-11-9-19-39(41)43)42-28-33-14-4-5-15-35(33)36-16-6-7-17-37(36)42/h1-28H. The molecular weight excluding hydrogens is 528 g/mol. The first-order valence-electron chi connectivity index (χ1n) is 15.3. The lowest BCUT2D eigenvalue weighted by atomic mass is 9.83. The first kappa shape index (κ1) is 24.8. The second-order valence-electron chi connectivity index (χ2n) is 11.7. The van der Waals surface area contributed by atoms with E-state index in [1.165, 1.54) is 87.2 Å². The van der Waals surface area contributed by atoms with Gasteiger partial charge in [-0.3, -0.25) is 0 Å². The Balaban J connectivity index is 1.33. The molecule has 0 heteroatoms. The van der Waals surface area contributed by atoms with Gasteiger partial charge in [-0.15, -0.1) is 0 Å². The molecule has 9 aromatic carbocycles. The summed E-state index contributed by atoms with van der Waals surface area (Å²) in [5, 5.41) is 12.8. The van der Waals surface area contributed by atoms with E-state index in [1.807, 2.05) is 0 Å². The highest BCUT2D eigenvalue weighted by Crippen LogP contribution is 2.46. The Labute approximate surface area is 256 Å². The molecule has 44 heavy (non-hydrogen) atoms. The van der Waals surface area contributed by atoms with Crippen molar-refractivity contribution in [2.45, 2.75) is 0 Å². The molecule has 0 radical (unpaired) electrons. The lowest BCUT2D eigenvalue weighted by Crippen LogP contribution is -1.92. The molecule has 0 bridgehead atoms. The van der Waals surface area contributed by atoms with Gasteiger partial charge in [-0.05, 0) is 105 Å². The maximum atomic E-state index is 2.39. The number of benzene rings is 9.